The first kappa shape index (κ1) is 18.0. The number of benzene rings is 2. The van der Waals surface area contributed by atoms with Gasteiger partial charge in [-0.25, -0.2) is 0 Å². The number of carbonyl (C=O) groups excluding carboxylic acids is 1. The summed E-state index contributed by atoms with van der Waals surface area (Å²) in [7, 11) is 0. The summed E-state index contributed by atoms with van der Waals surface area (Å²) in [5.41, 5.74) is 9.88. The molecule has 0 aliphatic heterocycles. The lowest BCUT2D eigenvalue weighted by Gasteiger charge is -2.23. The van der Waals surface area contributed by atoms with Crippen LogP contribution in [0.3, 0.4) is 0 Å². The molecule has 1 aliphatic rings. The van der Waals surface area contributed by atoms with Gasteiger partial charge in [-0.2, -0.15) is 5.10 Å². The number of aromatic amines is 1. The number of rotatable bonds is 7. The van der Waals surface area contributed by atoms with E-state index in [1.807, 2.05) is 36.4 Å². The van der Waals surface area contributed by atoms with Crippen LogP contribution >= 0.6 is 0 Å². The zero-order valence-corrected chi connectivity index (χ0v) is 15.6. The van der Waals surface area contributed by atoms with E-state index < -0.39 is 0 Å². The molecule has 0 atom stereocenters. The molecule has 0 bridgehead atoms. The minimum absolute atomic E-state index is 0.0622. The lowest BCUT2D eigenvalue weighted by Crippen LogP contribution is -2.37. The summed E-state index contributed by atoms with van der Waals surface area (Å²) < 4.78 is 0. The van der Waals surface area contributed by atoms with E-state index in [9.17, 15) is 4.79 Å². The zero-order valence-electron chi connectivity index (χ0n) is 15.6. The minimum Gasteiger partial charge on any atom is -0.398 e. The third-order valence-electron chi connectivity index (χ3n) is 5.05. The topological polar surface area (TPSA) is 98.9 Å². The number of carbonyl (C=O) groups is 1. The van der Waals surface area contributed by atoms with E-state index in [-0.39, 0.29) is 11.6 Å². The molecular formula is C22H23N5O. The molecule has 0 spiro atoms. The van der Waals surface area contributed by atoms with Crippen LogP contribution in [0.1, 0.15) is 24.0 Å². The molecule has 1 saturated carbocycles. The summed E-state index contributed by atoms with van der Waals surface area (Å²) in [6.07, 6.45) is 5.78. The van der Waals surface area contributed by atoms with Crippen LogP contribution in [0.2, 0.25) is 0 Å². The van der Waals surface area contributed by atoms with Gasteiger partial charge in [0.05, 0.1) is 6.20 Å². The predicted molar refractivity (Wildman–Crippen MR) is 110 cm³/mol. The van der Waals surface area contributed by atoms with E-state index in [0.29, 0.717) is 30.3 Å². The molecular weight excluding hydrogens is 350 g/mol. The Hall–Kier alpha value is -3.41. The zero-order chi connectivity index (χ0) is 19.5. The van der Waals surface area contributed by atoms with E-state index in [2.05, 4.69) is 10.2 Å². The second-order valence-corrected chi connectivity index (χ2v) is 7.28. The van der Waals surface area contributed by atoms with Gasteiger partial charge < -0.3 is 10.6 Å². The normalized spacial score (nSPS) is 13.3. The van der Waals surface area contributed by atoms with Crippen LogP contribution in [0.5, 0.6) is 0 Å². The Bertz CT molecular complexity index is 977. The first-order chi connectivity index (χ1) is 13.6. The molecule has 3 aromatic rings. The number of hydrogen-bond acceptors (Lipinski definition) is 4. The third-order valence-corrected chi connectivity index (χ3v) is 5.05. The van der Waals surface area contributed by atoms with Crippen molar-refractivity contribution in [3.05, 3.63) is 72.1 Å². The maximum Gasteiger partial charge on any atom is 0.272 e. The third kappa shape index (κ3) is 3.96. The number of H-pyrrole nitrogens is 1. The van der Waals surface area contributed by atoms with Crippen molar-refractivity contribution in [3.8, 4) is 11.1 Å². The van der Waals surface area contributed by atoms with Crippen LogP contribution in [0.25, 0.3) is 11.1 Å². The fourth-order valence-corrected chi connectivity index (χ4v) is 3.29. The fourth-order valence-electron chi connectivity index (χ4n) is 3.29. The highest BCUT2D eigenvalue weighted by molar-refractivity contribution is 6.45. The van der Waals surface area contributed by atoms with Crippen molar-refractivity contribution in [2.75, 3.05) is 12.3 Å². The van der Waals surface area contributed by atoms with E-state index in [4.69, 9.17) is 11.1 Å². The van der Waals surface area contributed by atoms with Gasteiger partial charge in [-0.3, -0.25) is 15.3 Å². The first-order valence-corrected chi connectivity index (χ1v) is 9.42. The van der Waals surface area contributed by atoms with E-state index in [0.717, 1.165) is 29.5 Å². The van der Waals surface area contributed by atoms with Crippen LogP contribution in [-0.2, 0) is 11.3 Å². The van der Waals surface area contributed by atoms with Crippen molar-refractivity contribution in [1.82, 2.24) is 15.1 Å². The molecule has 142 valence electrons. The summed E-state index contributed by atoms with van der Waals surface area (Å²) in [6, 6.07) is 15.3. The molecule has 1 heterocycles. The van der Waals surface area contributed by atoms with Gasteiger partial charge in [-0.15, -0.1) is 0 Å². The number of hydrogen-bond donors (Lipinski definition) is 3. The molecule has 6 nitrogen and oxygen atoms in total. The highest BCUT2D eigenvalue weighted by Gasteiger charge is 2.29. The average molecular weight is 373 g/mol. The van der Waals surface area contributed by atoms with Crippen LogP contribution < -0.4 is 5.73 Å². The van der Waals surface area contributed by atoms with Crippen LogP contribution in [0, 0.1) is 11.3 Å². The number of nitrogen functional groups attached to an aromatic ring is 1. The van der Waals surface area contributed by atoms with Gasteiger partial charge in [-0.05, 0) is 42.0 Å². The number of nitrogens with zero attached hydrogens (tertiary/aromatic N) is 2. The number of anilines is 1. The van der Waals surface area contributed by atoms with Crippen LogP contribution in [0.4, 0.5) is 5.69 Å². The van der Waals surface area contributed by atoms with E-state index in [1.165, 1.54) is 0 Å². The van der Waals surface area contributed by atoms with Crippen molar-refractivity contribution in [1.29, 1.82) is 5.41 Å². The molecule has 6 heteroatoms. The van der Waals surface area contributed by atoms with Crippen molar-refractivity contribution in [2.45, 2.75) is 19.4 Å². The predicted octanol–water partition coefficient (Wildman–Crippen LogP) is 3.47. The molecule has 28 heavy (non-hydrogen) atoms. The largest absolute Gasteiger partial charge is 0.398 e. The molecule has 1 amide bonds. The summed E-state index contributed by atoms with van der Waals surface area (Å²) >= 11 is 0. The first-order valence-electron chi connectivity index (χ1n) is 9.42. The highest BCUT2D eigenvalue weighted by Crippen LogP contribution is 2.31. The average Bonchev–Trinajstić information content (AvgIpc) is 3.36. The smallest absolute Gasteiger partial charge is 0.272 e. The highest BCUT2D eigenvalue weighted by atomic mass is 16.2. The summed E-state index contributed by atoms with van der Waals surface area (Å²) in [5, 5.41) is 15.2. The van der Waals surface area contributed by atoms with Crippen LogP contribution in [0.15, 0.2) is 60.9 Å². The van der Waals surface area contributed by atoms with Gasteiger partial charge in [-0.1, -0.05) is 36.4 Å². The number of nitrogens with one attached hydrogen (secondary N) is 2. The van der Waals surface area contributed by atoms with Crippen molar-refractivity contribution in [2.24, 2.45) is 5.92 Å². The van der Waals surface area contributed by atoms with Gasteiger partial charge in [0.25, 0.3) is 5.91 Å². The molecule has 1 aliphatic carbocycles. The lowest BCUT2D eigenvalue weighted by atomic mass is 10.0. The van der Waals surface area contributed by atoms with Gasteiger partial charge in [0, 0.05) is 36.1 Å². The Kier molecular flexibility index (Phi) is 4.93. The van der Waals surface area contributed by atoms with Crippen molar-refractivity contribution < 1.29 is 4.79 Å². The Morgan fingerprint density at radius 1 is 1.18 bits per heavy atom. The molecule has 1 fully saturated rings. The standard InChI is InChI=1S/C22H23N5O/c23-20-10-17(18-11-25-26-12-18)8-9-19(20)21(24)22(28)27(14-16-6-7-16)13-15-4-2-1-3-5-15/h1-5,8-12,16,24H,6-7,13-14,23H2,(H,25,26). The minimum atomic E-state index is -0.279. The molecule has 0 unspecified atom stereocenters. The fraction of sp³-hybridized carbons (Fsp3) is 0.227. The molecule has 2 aromatic carbocycles. The van der Waals surface area contributed by atoms with Gasteiger partial charge in [0.15, 0.2) is 0 Å². The van der Waals surface area contributed by atoms with Crippen molar-refractivity contribution in [3.63, 3.8) is 0 Å². The maximum atomic E-state index is 13.1. The second kappa shape index (κ2) is 7.68. The van der Waals surface area contributed by atoms with E-state index in [1.54, 1.807) is 29.4 Å². The number of nitrogens with two attached hydrogens (primary N) is 1. The Balaban J connectivity index is 1.55. The molecule has 0 radical (unpaired) electrons. The molecule has 4 rings (SSSR count). The Labute approximate surface area is 163 Å². The molecule has 4 N–H and O–H groups in total. The summed E-state index contributed by atoms with van der Waals surface area (Å²) in [6.45, 7) is 1.19. The van der Waals surface area contributed by atoms with Gasteiger partial charge in [0.1, 0.15) is 5.71 Å². The quantitative estimate of drug-likeness (QED) is 0.437. The van der Waals surface area contributed by atoms with Crippen LogP contribution in [-0.4, -0.2) is 33.3 Å². The summed E-state index contributed by atoms with van der Waals surface area (Å²) in [4.78, 5) is 14.9. The number of amides is 1. The van der Waals surface area contributed by atoms with E-state index >= 15 is 0 Å². The second-order valence-electron chi connectivity index (χ2n) is 7.28. The maximum absolute atomic E-state index is 13.1. The molecule has 0 saturated heterocycles. The molecule has 1 aromatic heterocycles. The lowest BCUT2D eigenvalue weighted by molar-refractivity contribution is -0.124. The Morgan fingerprint density at radius 3 is 2.61 bits per heavy atom. The monoisotopic (exact) mass is 373 g/mol. The summed E-state index contributed by atoms with van der Waals surface area (Å²) in [5.74, 6) is 0.264. The SMILES string of the molecule is N=C(C(=O)N(Cc1ccccc1)CC1CC1)c1ccc(-c2cn[nH]c2)cc1N. The van der Waals surface area contributed by atoms with Crippen molar-refractivity contribution >= 4 is 17.3 Å². The van der Waals surface area contributed by atoms with Gasteiger partial charge in [0.2, 0.25) is 0 Å². The Morgan fingerprint density at radius 2 is 1.96 bits per heavy atom. The number of aromatic nitrogens is 2. The van der Waals surface area contributed by atoms with Gasteiger partial charge >= 0.3 is 0 Å².